The van der Waals surface area contributed by atoms with E-state index in [4.69, 9.17) is 4.74 Å². The molecule has 1 aliphatic carbocycles. The van der Waals surface area contributed by atoms with Gasteiger partial charge < -0.3 is 20.7 Å². The molecule has 1 aliphatic rings. The molecule has 1 amide bonds. The van der Waals surface area contributed by atoms with Crippen molar-refractivity contribution in [3.63, 3.8) is 0 Å². The number of amides is 1. The van der Waals surface area contributed by atoms with Crippen LogP contribution in [0.15, 0.2) is 29.3 Å². The molecule has 1 unspecified atom stereocenters. The number of carbonyl (C=O) groups excluding carboxylic acids is 1. The number of aryl methyl sites for hydroxylation is 1. The first kappa shape index (κ1) is 22.5. The number of benzene rings is 1. The summed E-state index contributed by atoms with van der Waals surface area (Å²) < 4.78 is 5.00. The maximum Gasteiger partial charge on any atom is 0.407 e. The zero-order valence-corrected chi connectivity index (χ0v) is 18.2. The van der Waals surface area contributed by atoms with Crippen molar-refractivity contribution in [3.8, 4) is 0 Å². The quantitative estimate of drug-likeness (QED) is 0.308. The Balaban J connectivity index is 0.00000338. The SMILES string of the molecule is CCNC(=NCc1ccc(C)cc1)NCC(NC(=O)OCC)C1CC1.I. The summed E-state index contributed by atoms with van der Waals surface area (Å²) in [4.78, 5) is 16.3. The highest BCUT2D eigenvalue weighted by atomic mass is 127. The van der Waals surface area contributed by atoms with Gasteiger partial charge in [0.25, 0.3) is 0 Å². The number of rotatable bonds is 8. The van der Waals surface area contributed by atoms with E-state index in [1.807, 2.05) is 13.8 Å². The van der Waals surface area contributed by atoms with Crippen LogP contribution in [0.5, 0.6) is 0 Å². The maximum absolute atomic E-state index is 11.7. The average molecular weight is 474 g/mol. The lowest BCUT2D eigenvalue weighted by Crippen LogP contribution is -2.48. The Bertz CT molecular complexity index is 573. The second-order valence-electron chi connectivity index (χ2n) is 6.37. The Hall–Kier alpha value is -1.51. The summed E-state index contributed by atoms with van der Waals surface area (Å²) in [6, 6.07) is 8.45. The molecule has 1 aromatic rings. The van der Waals surface area contributed by atoms with Crippen molar-refractivity contribution in [1.82, 2.24) is 16.0 Å². The molecule has 2 rings (SSSR count). The van der Waals surface area contributed by atoms with Crippen molar-refractivity contribution < 1.29 is 9.53 Å². The number of carbonyl (C=O) groups is 1. The van der Waals surface area contributed by atoms with Gasteiger partial charge in [-0.3, -0.25) is 0 Å². The third-order valence-corrected chi connectivity index (χ3v) is 4.14. The van der Waals surface area contributed by atoms with E-state index in [1.54, 1.807) is 0 Å². The maximum atomic E-state index is 11.7. The van der Waals surface area contributed by atoms with E-state index < -0.39 is 0 Å². The number of halogens is 1. The highest BCUT2D eigenvalue weighted by molar-refractivity contribution is 14.0. The van der Waals surface area contributed by atoms with Crippen LogP contribution in [0.4, 0.5) is 4.79 Å². The van der Waals surface area contributed by atoms with Gasteiger partial charge in [-0.05, 0) is 45.1 Å². The standard InChI is InChI=1S/C19H30N4O2.HI/c1-4-20-18(21-12-15-8-6-14(3)7-9-15)22-13-17(16-10-11-16)23-19(24)25-5-2;/h6-9,16-17H,4-5,10-13H2,1-3H3,(H,23,24)(H2,20,21,22);1H. The number of guanidine groups is 1. The highest BCUT2D eigenvalue weighted by Gasteiger charge is 2.32. The van der Waals surface area contributed by atoms with E-state index in [2.05, 4.69) is 52.1 Å². The van der Waals surface area contributed by atoms with Crippen LogP contribution in [0, 0.1) is 12.8 Å². The molecule has 0 aromatic heterocycles. The molecule has 0 bridgehead atoms. The fourth-order valence-corrected chi connectivity index (χ4v) is 2.57. The first-order valence-electron chi connectivity index (χ1n) is 9.13. The van der Waals surface area contributed by atoms with Gasteiger partial charge in [0.05, 0.1) is 19.2 Å². The molecule has 7 heteroatoms. The second-order valence-corrected chi connectivity index (χ2v) is 6.37. The Kier molecular flexibility index (Phi) is 10.4. The molecular weight excluding hydrogens is 443 g/mol. The minimum Gasteiger partial charge on any atom is -0.450 e. The average Bonchev–Trinajstić information content (AvgIpc) is 3.42. The van der Waals surface area contributed by atoms with E-state index in [9.17, 15) is 4.79 Å². The summed E-state index contributed by atoms with van der Waals surface area (Å²) in [5.74, 6) is 1.29. The first-order valence-corrected chi connectivity index (χ1v) is 9.13. The van der Waals surface area contributed by atoms with Gasteiger partial charge in [0.1, 0.15) is 0 Å². The molecule has 26 heavy (non-hydrogen) atoms. The molecule has 0 heterocycles. The van der Waals surface area contributed by atoms with Gasteiger partial charge in [-0.2, -0.15) is 0 Å². The number of nitrogens with zero attached hydrogens (tertiary/aromatic N) is 1. The summed E-state index contributed by atoms with van der Waals surface area (Å²) in [6.45, 7) is 8.37. The molecule has 146 valence electrons. The van der Waals surface area contributed by atoms with E-state index in [0.717, 1.165) is 25.3 Å². The zero-order valence-electron chi connectivity index (χ0n) is 15.9. The fraction of sp³-hybridized carbons (Fsp3) is 0.579. The predicted octanol–water partition coefficient (Wildman–Crippen LogP) is 3.19. The van der Waals surface area contributed by atoms with Gasteiger partial charge in [-0.15, -0.1) is 24.0 Å². The van der Waals surface area contributed by atoms with Crippen LogP contribution in [0.2, 0.25) is 0 Å². The molecule has 1 saturated carbocycles. The summed E-state index contributed by atoms with van der Waals surface area (Å²) in [7, 11) is 0. The Morgan fingerprint density at radius 3 is 2.50 bits per heavy atom. The van der Waals surface area contributed by atoms with Crippen LogP contribution in [0.25, 0.3) is 0 Å². The lowest BCUT2D eigenvalue weighted by atomic mass is 10.1. The normalized spacial score (nSPS) is 14.8. The van der Waals surface area contributed by atoms with Gasteiger partial charge >= 0.3 is 6.09 Å². The summed E-state index contributed by atoms with van der Waals surface area (Å²) in [5, 5.41) is 9.54. The molecule has 6 nitrogen and oxygen atoms in total. The molecule has 0 aliphatic heterocycles. The Morgan fingerprint density at radius 1 is 1.23 bits per heavy atom. The van der Waals surface area contributed by atoms with Gasteiger partial charge in [0, 0.05) is 13.1 Å². The predicted molar refractivity (Wildman–Crippen MR) is 116 cm³/mol. The molecule has 1 aromatic carbocycles. The van der Waals surface area contributed by atoms with Crippen LogP contribution in [0.3, 0.4) is 0 Å². The second kappa shape index (κ2) is 12.0. The van der Waals surface area contributed by atoms with Crippen molar-refractivity contribution in [3.05, 3.63) is 35.4 Å². The number of ether oxygens (including phenoxy) is 1. The van der Waals surface area contributed by atoms with Gasteiger partial charge in [-0.1, -0.05) is 29.8 Å². The third-order valence-electron chi connectivity index (χ3n) is 4.14. The Morgan fingerprint density at radius 2 is 1.92 bits per heavy atom. The van der Waals surface area contributed by atoms with Crippen LogP contribution >= 0.6 is 24.0 Å². The largest absolute Gasteiger partial charge is 0.450 e. The van der Waals surface area contributed by atoms with Crippen molar-refractivity contribution in [2.45, 2.75) is 46.2 Å². The summed E-state index contributed by atoms with van der Waals surface area (Å²) in [5.41, 5.74) is 2.42. The molecule has 0 radical (unpaired) electrons. The molecule has 0 spiro atoms. The molecule has 3 N–H and O–H groups in total. The summed E-state index contributed by atoms with van der Waals surface area (Å²) in [6.07, 6.45) is 1.95. The Labute approximate surface area is 173 Å². The van der Waals surface area contributed by atoms with Crippen molar-refractivity contribution in [1.29, 1.82) is 0 Å². The van der Waals surface area contributed by atoms with Crippen molar-refractivity contribution >= 4 is 36.0 Å². The molecule has 0 saturated heterocycles. The van der Waals surface area contributed by atoms with Crippen LogP contribution in [0.1, 0.15) is 37.8 Å². The van der Waals surface area contributed by atoms with Crippen molar-refractivity contribution in [2.24, 2.45) is 10.9 Å². The van der Waals surface area contributed by atoms with E-state index >= 15 is 0 Å². The summed E-state index contributed by atoms with van der Waals surface area (Å²) >= 11 is 0. The smallest absolute Gasteiger partial charge is 0.407 e. The highest BCUT2D eigenvalue weighted by Crippen LogP contribution is 2.32. The van der Waals surface area contributed by atoms with Gasteiger partial charge in [0.2, 0.25) is 0 Å². The topological polar surface area (TPSA) is 74.8 Å². The van der Waals surface area contributed by atoms with Crippen LogP contribution in [-0.2, 0) is 11.3 Å². The van der Waals surface area contributed by atoms with Crippen LogP contribution < -0.4 is 16.0 Å². The van der Waals surface area contributed by atoms with Crippen LogP contribution in [-0.4, -0.2) is 37.8 Å². The van der Waals surface area contributed by atoms with Crippen molar-refractivity contribution in [2.75, 3.05) is 19.7 Å². The van der Waals surface area contributed by atoms with Gasteiger partial charge in [-0.25, -0.2) is 9.79 Å². The molecular formula is C19H31IN4O2. The number of hydrogen-bond acceptors (Lipinski definition) is 3. The zero-order chi connectivity index (χ0) is 18.1. The number of aliphatic imine (C=N–C) groups is 1. The number of nitrogens with one attached hydrogen (secondary N) is 3. The van der Waals surface area contributed by atoms with E-state index in [0.29, 0.717) is 25.6 Å². The van der Waals surface area contributed by atoms with E-state index in [-0.39, 0.29) is 36.1 Å². The minimum absolute atomic E-state index is 0. The fourth-order valence-electron chi connectivity index (χ4n) is 2.57. The lowest BCUT2D eigenvalue weighted by molar-refractivity contribution is 0.146. The van der Waals surface area contributed by atoms with E-state index in [1.165, 1.54) is 11.1 Å². The molecule has 1 fully saturated rings. The monoisotopic (exact) mass is 474 g/mol. The minimum atomic E-state index is -0.345. The lowest BCUT2D eigenvalue weighted by Gasteiger charge is -2.20. The molecule has 1 atom stereocenters. The number of hydrogen-bond donors (Lipinski definition) is 3. The number of alkyl carbamates (subject to hydrolysis) is 1. The third kappa shape index (κ3) is 8.25. The van der Waals surface area contributed by atoms with Gasteiger partial charge in [0.15, 0.2) is 5.96 Å². The first-order chi connectivity index (χ1) is 12.1.